The van der Waals surface area contributed by atoms with Gasteiger partial charge in [-0.05, 0) is 14.0 Å². The van der Waals surface area contributed by atoms with Crippen LogP contribution in [0.5, 0.6) is 0 Å². The van der Waals surface area contributed by atoms with Crippen molar-refractivity contribution in [3.05, 3.63) is 0 Å². The fourth-order valence-electron chi connectivity index (χ4n) is 0.807. The van der Waals surface area contributed by atoms with Gasteiger partial charge in [0.15, 0.2) is 0 Å². The zero-order valence-electron chi connectivity index (χ0n) is 9.24. The van der Waals surface area contributed by atoms with Crippen molar-refractivity contribution in [2.45, 2.75) is 19.1 Å². The zero-order valence-corrected chi connectivity index (χ0v) is 10.1. The van der Waals surface area contributed by atoms with Gasteiger partial charge in [0.25, 0.3) is 0 Å². The van der Waals surface area contributed by atoms with Crippen LogP contribution in [0.2, 0.25) is 0 Å². The molecule has 0 saturated carbocycles. The van der Waals surface area contributed by atoms with Crippen molar-refractivity contribution < 1.29 is 27.9 Å². The highest BCUT2D eigenvalue weighted by atomic mass is 35.5. The first-order valence-corrected chi connectivity index (χ1v) is 4.40. The summed E-state index contributed by atoms with van der Waals surface area (Å²) in [5.74, 6) is -2.01. The molecule has 0 aromatic carbocycles. The van der Waals surface area contributed by atoms with Crippen molar-refractivity contribution >= 4 is 24.3 Å². The number of carbonyl (C=O) groups is 2. The number of carbonyl (C=O) groups excluding carboxylic acids is 1. The minimum absolute atomic E-state index is 0. The van der Waals surface area contributed by atoms with Crippen molar-refractivity contribution in [1.29, 1.82) is 0 Å². The van der Waals surface area contributed by atoms with E-state index < -0.39 is 37.2 Å². The van der Waals surface area contributed by atoms with Gasteiger partial charge in [-0.25, -0.2) is 0 Å². The number of aliphatic carboxylic acids is 1. The van der Waals surface area contributed by atoms with E-state index in [0.717, 1.165) is 4.90 Å². The van der Waals surface area contributed by atoms with Gasteiger partial charge in [0.2, 0.25) is 5.91 Å². The monoisotopic (exact) mass is 278 g/mol. The third-order valence-electron chi connectivity index (χ3n) is 1.90. The molecular formula is C8H14ClF3N2O3. The summed E-state index contributed by atoms with van der Waals surface area (Å²) in [7, 11) is 1.34. The molecule has 1 amide bonds. The summed E-state index contributed by atoms with van der Waals surface area (Å²) >= 11 is 0. The van der Waals surface area contributed by atoms with Gasteiger partial charge in [0, 0.05) is 0 Å². The van der Waals surface area contributed by atoms with Gasteiger partial charge in [-0.1, -0.05) is 0 Å². The first-order valence-electron chi connectivity index (χ1n) is 4.40. The molecule has 2 N–H and O–H groups in total. The number of carboxylic acid groups (broad SMARTS) is 1. The van der Waals surface area contributed by atoms with E-state index in [-0.39, 0.29) is 12.4 Å². The van der Waals surface area contributed by atoms with E-state index in [1.54, 1.807) is 5.32 Å². The fraction of sp³-hybridized carbons (Fsp3) is 0.750. The smallest absolute Gasteiger partial charge is 0.405 e. The first kappa shape index (κ1) is 18.3. The number of likely N-dealkylation sites (N-methyl/N-ethyl adjacent to an activating group) is 1. The van der Waals surface area contributed by atoms with Crippen molar-refractivity contribution in [2.24, 2.45) is 0 Å². The van der Waals surface area contributed by atoms with Crippen LogP contribution in [0.25, 0.3) is 0 Å². The van der Waals surface area contributed by atoms with E-state index in [4.69, 9.17) is 5.11 Å². The number of rotatable bonds is 5. The number of alkyl halides is 3. The Balaban J connectivity index is 0. The first-order chi connectivity index (χ1) is 7.13. The van der Waals surface area contributed by atoms with Crippen LogP contribution in [0, 0.1) is 0 Å². The second-order valence-electron chi connectivity index (χ2n) is 3.32. The normalized spacial score (nSPS) is 12.8. The highest BCUT2D eigenvalue weighted by Crippen LogP contribution is 2.12. The van der Waals surface area contributed by atoms with Crippen LogP contribution in [-0.2, 0) is 9.59 Å². The molecule has 0 saturated heterocycles. The molecule has 0 bridgehead atoms. The lowest BCUT2D eigenvalue weighted by Gasteiger charge is -2.20. The van der Waals surface area contributed by atoms with Gasteiger partial charge in [-0.2, -0.15) is 13.2 Å². The average Bonchev–Trinajstić information content (AvgIpc) is 2.12. The van der Waals surface area contributed by atoms with Crippen molar-refractivity contribution in [2.75, 3.05) is 20.1 Å². The summed E-state index contributed by atoms with van der Waals surface area (Å²) in [6, 6.07) is -0.934. The van der Waals surface area contributed by atoms with E-state index in [1.807, 2.05) is 0 Å². The molecule has 102 valence electrons. The van der Waals surface area contributed by atoms with Gasteiger partial charge >= 0.3 is 12.1 Å². The van der Waals surface area contributed by atoms with Gasteiger partial charge in [-0.15, -0.1) is 12.4 Å². The van der Waals surface area contributed by atoms with Crippen LogP contribution < -0.4 is 5.32 Å². The van der Waals surface area contributed by atoms with Crippen molar-refractivity contribution in [1.82, 2.24) is 10.2 Å². The van der Waals surface area contributed by atoms with Crippen LogP contribution in [0.1, 0.15) is 6.92 Å². The van der Waals surface area contributed by atoms with Crippen LogP contribution in [0.15, 0.2) is 0 Å². The van der Waals surface area contributed by atoms with E-state index in [2.05, 4.69) is 0 Å². The Morgan fingerprint density at radius 2 is 1.88 bits per heavy atom. The summed E-state index contributed by atoms with van der Waals surface area (Å²) in [6.45, 7) is -0.482. The maximum atomic E-state index is 11.7. The Kier molecular flexibility index (Phi) is 7.92. The number of nitrogens with one attached hydrogen (secondary N) is 1. The predicted molar refractivity (Wildman–Crippen MR) is 56.0 cm³/mol. The second-order valence-corrected chi connectivity index (χ2v) is 3.32. The summed E-state index contributed by atoms with van der Waals surface area (Å²) in [4.78, 5) is 22.6. The number of nitrogens with zero attached hydrogens (tertiary/aromatic N) is 1. The Bertz CT molecular complexity index is 273. The molecule has 0 heterocycles. The molecule has 1 unspecified atom stereocenters. The molecule has 1 atom stereocenters. The lowest BCUT2D eigenvalue weighted by Crippen LogP contribution is -2.44. The van der Waals surface area contributed by atoms with E-state index in [9.17, 15) is 22.8 Å². The topological polar surface area (TPSA) is 69.6 Å². The van der Waals surface area contributed by atoms with Crippen LogP contribution in [-0.4, -0.2) is 54.2 Å². The molecule has 0 aliphatic rings. The number of amides is 1. The highest BCUT2D eigenvalue weighted by Gasteiger charge is 2.28. The molecule has 0 radical (unpaired) electrons. The summed E-state index contributed by atoms with van der Waals surface area (Å²) in [5, 5.41) is 10.2. The van der Waals surface area contributed by atoms with Gasteiger partial charge in [0.05, 0.1) is 6.54 Å². The predicted octanol–water partition coefficient (Wildman–Crippen LogP) is 0.492. The molecule has 0 aliphatic carbocycles. The molecule has 5 nitrogen and oxygen atoms in total. The molecule has 0 fully saturated rings. The maximum Gasteiger partial charge on any atom is 0.405 e. The highest BCUT2D eigenvalue weighted by molar-refractivity contribution is 5.85. The van der Waals surface area contributed by atoms with Crippen LogP contribution in [0.4, 0.5) is 13.2 Å². The largest absolute Gasteiger partial charge is 0.480 e. The third-order valence-corrected chi connectivity index (χ3v) is 1.90. The number of carboxylic acids is 1. The van der Waals surface area contributed by atoms with E-state index in [1.165, 1.54) is 14.0 Å². The summed E-state index contributed by atoms with van der Waals surface area (Å²) in [6.07, 6.45) is -4.47. The molecule has 17 heavy (non-hydrogen) atoms. The lowest BCUT2D eigenvalue weighted by atomic mass is 10.3. The van der Waals surface area contributed by atoms with E-state index in [0.29, 0.717) is 0 Å². The lowest BCUT2D eigenvalue weighted by molar-refractivity contribution is -0.144. The number of halogens is 4. The minimum Gasteiger partial charge on any atom is -0.480 e. The second kappa shape index (κ2) is 7.33. The van der Waals surface area contributed by atoms with Gasteiger partial charge in [-0.3, -0.25) is 14.5 Å². The van der Waals surface area contributed by atoms with Gasteiger partial charge < -0.3 is 10.4 Å². The quantitative estimate of drug-likeness (QED) is 0.768. The van der Waals surface area contributed by atoms with Crippen molar-refractivity contribution in [3.8, 4) is 0 Å². The molecule has 0 spiro atoms. The summed E-state index contributed by atoms with van der Waals surface area (Å²) in [5.41, 5.74) is 0. The zero-order chi connectivity index (χ0) is 12.9. The molecule has 0 rings (SSSR count). The SMILES string of the molecule is CC(C(=O)O)N(C)CC(=O)NCC(F)(F)F.Cl. The number of hydrogen-bond acceptors (Lipinski definition) is 3. The Labute approximate surface area is 102 Å². The molecular weight excluding hydrogens is 265 g/mol. The Morgan fingerprint density at radius 3 is 2.24 bits per heavy atom. The van der Waals surface area contributed by atoms with E-state index >= 15 is 0 Å². The van der Waals surface area contributed by atoms with Crippen molar-refractivity contribution in [3.63, 3.8) is 0 Å². The third kappa shape index (κ3) is 8.75. The average molecular weight is 279 g/mol. The fourth-order valence-corrected chi connectivity index (χ4v) is 0.807. The molecule has 0 aliphatic heterocycles. The molecule has 0 aromatic heterocycles. The van der Waals surface area contributed by atoms with Crippen LogP contribution >= 0.6 is 12.4 Å². The van der Waals surface area contributed by atoms with Crippen LogP contribution in [0.3, 0.4) is 0 Å². The Morgan fingerprint density at radius 1 is 1.41 bits per heavy atom. The minimum atomic E-state index is -4.47. The Hall–Kier alpha value is -1.02. The maximum absolute atomic E-state index is 11.7. The number of hydrogen-bond donors (Lipinski definition) is 2. The summed E-state index contributed by atoms with van der Waals surface area (Å²) < 4.78 is 35.2. The molecule has 0 aromatic rings. The molecule has 9 heteroatoms. The van der Waals surface area contributed by atoms with Gasteiger partial charge in [0.1, 0.15) is 12.6 Å². The standard InChI is InChI=1S/C8H13F3N2O3.ClH/c1-5(7(15)16)13(2)3-6(14)12-4-8(9,10)11;/h5H,3-4H2,1-2H3,(H,12,14)(H,15,16);1H.